The largest absolute Gasteiger partial charge is 0.394 e. The molecular formula is C23H35N3O6. The molecule has 0 saturated carbocycles. The van der Waals surface area contributed by atoms with Crippen molar-refractivity contribution in [2.45, 2.75) is 51.8 Å². The van der Waals surface area contributed by atoms with Crippen LogP contribution in [-0.2, 0) is 14.3 Å². The van der Waals surface area contributed by atoms with Crippen LogP contribution in [0.5, 0.6) is 0 Å². The monoisotopic (exact) mass is 449 g/mol. The van der Waals surface area contributed by atoms with Crippen molar-refractivity contribution < 1.29 is 29.3 Å². The van der Waals surface area contributed by atoms with E-state index in [1.165, 1.54) is 0 Å². The van der Waals surface area contributed by atoms with Crippen LogP contribution in [0.15, 0.2) is 24.3 Å². The van der Waals surface area contributed by atoms with Gasteiger partial charge in [-0.15, -0.1) is 0 Å². The molecule has 32 heavy (non-hydrogen) atoms. The molecule has 4 N–H and O–H groups in total. The average Bonchev–Trinajstić information content (AvgIpc) is 3.58. The minimum Gasteiger partial charge on any atom is -0.394 e. The molecule has 0 unspecified atom stereocenters. The van der Waals surface area contributed by atoms with Crippen LogP contribution in [0, 0.1) is 5.92 Å². The van der Waals surface area contributed by atoms with Crippen LogP contribution in [0.4, 0.5) is 5.69 Å². The second-order valence-electron chi connectivity index (χ2n) is 8.43. The normalized spacial score (nSPS) is 19.2. The van der Waals surface area contributed by atoms with Gasteiger partial charge in [0.05, 0.1) is 25.9 Å². The standard InChI is InChI=1S/C23H35N3O6/c1-5-26(6-2)17-9-7-8-16(11-17)21(30)25-19(12-27)22(31)24-18(10-15(3)4)20(29)23(13-28)14-32-23/h7-9,11,15,18-19,27-28H,5-6,10,12-14H2,1-4H3,(H,24,31)(H,25,30)/t18-,19-,23-/m0/s1. The molecule has 9 nitrogen and oxygen atoms in total. The van der Waals surface area contributed by atoms with Crippen molar-refractivity contribution in [2.75, 3.05) is 37.8 Å². The average molecular weight is 450 g/mol. The van der Waals surface area contributed by atoms with Crippen LogP contribution in [0.2, 0.25) is 0 Å². The molecule has 0 bridgehead atoms. The minimum atomic E-state index is -1.27. The van der Waals surface area contributed by atoms with E-state index in [-0.39, 0.29) is 12.5 Å². The van der Waals surface area contributed by atoms with Crippen LogP contribution >= 0.6 is 0 Å². The summed E-state index contributed by atoms with van der Waals surface area (Å²) in [6, 6.07) is 4.91. The summed E-state index contributed by atoms with van der Waals surface area (Å²) < 4.78 is 5.14. The lowest BCUT2D eigenvalue weighted by molar-refractivity contribution is -0.133. The fraction of sp³-hybridized carbons (Fsp3) is 0.609. The molecule has 178 valence electrons. The molecule has 1 aliphatic rings. The van der Waals surface area contributed by atoms with E-state index >= 15 is 0 Å². The van der Waals surface area contributed by atoms with Gasteiger partial charge in [0.15, 0.2) is 11.4 Å². The van der Waals surface area contributed by atoms with E-state index in [4.69, 9.17) is 4.74 Å². The molecule has 0 radical (unpaired) electrons. The quantitative estimate of drug-likeness (QED) is 0.322. The number of anilines is 1. The highest BCUT2D eigenvalue weighted by Gasteiger charge is 2.54. The number of carbonyl (C=O) groups is 3. The minimum absolute atomic E-state index is 0.0868. The van der Waals surface area contributed by atoms with Gasteiger partial charge in [-0.25, -0.2) is 0 Å². The van der Waals surface area contributed by atoms with Gasteiger partial charge >= 0.3 is 0 Å². The lowest BCUT2D eigenvalue weighted by Gasteiger charge is -2.25. The third-order valence-corrected chi connectivity index (χ3v) is 5.58. The van der Waals surface area contributed by atoms with E-state index in [0.717, 1.165) is 18.8 Å². The lowest BCUT2D eigenvalue weighted by atomic mass is 9.92. The van der Waals surface area contributed by atoms with Crippen LogP contribution in [0.3, 0.4) is 0 Å². The van der Waals surface area contributed by atoms with Gasteiger partial charge in [0.2, 0.25) is 5.91 Å². The lowest BCUT2D eigenvalue weighted by Crippen LogP contribution is -2.55. The molecule has 2 amide bonds. The first-order chi connectivity index (χ1) is 15.2. The Morgan fingerprint density at radius 3 is 2.28 bits per heavy atom. The second-order valence-corrected chi connectivity index (χ2v) is 8.43. The number of aliphatic hydroxyl groups is 2. The van der Waals surface area contributed by atoms with Crippen molar-refractivity contribution in [1.82, 2.24) is 10.6 Å². The number of amides is 2. The molecule has 9 heteroatoms. The van der Waals surface area contributed by atoms with E-state index in [9.17, 15) is 24.6 Å². The Kier molecular flexibility index (Phi) is 9.18. The van der Waals surface area contributed by atoms with Crippen LogP contribution in [0.1, 0.15) is 44.5 Å². The number of aliphatic hydroxyl groups excluding tert-OH is 2. The number of hydrogen-bond acceptors (Lipinski definition) is 7. The molecule has 0 spiro atoms. The van der Waals surface area contributed by atoms with E-state index in [1.807, 2.05) is 33.8 Å². The number of ether oxygens (including phenoxy) is 1. The Balaban J connectivity index is 2.10. The predicted molar refractivity (Wildman–Crippen MR) is 121 cm³/mol. The van der Waals surface area contributed by atoms with Gasteiger partial charge in [-0.2, -0.15) is 0 Å². The van der Waals surface area contributed by atoms with Gasteiger partial charge in [-0.05, 0) is 44.4 Å². The van der Waals surface area contributed by atoms with Crippen molar-refractivity contribution >= 4 is 23.3 Å². The van der Waals surface area contributed by atoms with Crippen molar-refractivity contribution in [1.29, 1.82) is 0 Å². The summed E-state index contributed by atoms with van der Waals surface area (Å²) in [5, 5.41) is 24.4. The SMILES string of the molecule is CCN(CC)c1cccc(C(=O)N[C@@H](CO)C(=O)N[C@@H](CC(C)C)C(=O)[C@]2(CO)CO2)c1. The Labute approximate surface area is 189 Å². The van der Waals surface area contributed by atoms with E-state index in [2.05, 4.69) is 15.5 Å². The summed E-state index contributed by atoms with van der Waals surface area (Å²) in [6.45, 7) is 8.43. The summed E-state index contributed by atoms with van der Waals surface area (Å²) in [6.07, 6.45) is 0.341. The molecular weight excluding hydrogens is 414 g/mol. The zero-order valence-corrected chi connectivity index (χ0v) is 19.3. The maximum atomic E-state index is 12.8. The van der Waals surface area contributed by atoms with E-state index in [1.54, 1.807) is 18.2 Å². The van der Waals surface area contributed by atoms with Crippen molar-refractivity contribution in [3.63, 3.8) is 0 Å². The Morgan fingerprint density at radius 2 is 1.78 bits per heavy atom. The molecule has 1 aromatic rings. The number of rotatable bonds is 13. The van der Waals surface area contributed by atoms with Crippen molar-refractivity contribution in [3.8, 4) is 0 Å². The summed E-state index contributed by atoms with van der Waals surface area (Å²) in [5.41, 5.74) is -0.0228. The third-order valence-electron chi connectivity index (χ3n) is 5.58. The summed E-state index contributed by atoms with van der Waals surface area (Å²) in [5.74, 6) is -1.49. The van der Waals surface area contributed by atoms with Gasteiger partial charge in [0, 0.05) is 24.3 Å². The molecule has 1 saturated heterocycles. The molecule has 0 aliphatic carbocycles. The summed E-state index contributed by atoms with van der Waals surface area (Å²) in [4.78, 5) is 40.4. The molecule has 1 fully saturated rings. The predicted octanol–water partition coefficient (Wildman–Crippen LogP) is 0.485. The third kappa shape index (κ3) is 6.27. The highest BCUT2D eigenvalue weighted by atomic mass is 16.6. The summed E-state index contributed by atoms with van der Waals surface area (Å²) in [7, 11) is 0. The number of nitrogens with one attached hydrogen (secondary N) is 2. The maximum Gasteiger partial charge on any atom is 0.252 e. The summed E-state index contributed by atoms with van der Waals surface area (Å²) >= 11 is 0. The number of ketones is 1. The van der Waals surface area contributed by atoms with Gasteiger partial charge in [0.1, 0.15) is 6.04 Å². The van der Waals surface area contributed by atoms with E-state index < -0.39 is 48.5 Å². The zero-order chi connectivity index (χ0) is 23.9. The van der Waals surface area contributed by atoms with Gasteiger partial charge in [-0.1, -0.05) is 19.9 Å². The second kappa shape index (κ2) is 11.4. The molecule has 1 aromatic carbocycles. The van der Waals surface area contributed by atoms with Crippen molar-refractivity contribution in [2.24, 2.45) is 5.92 Å². The van der Waals surface area contributed by atoms with Crippen LogP contribution in [-0.4, -0.2) is 78.4 Å². The maximum absolute atomic E-state index is 12.8. The van der Waals surface area contributed by atoms with Gasteiger partial charge in [-0.3, -0.25) is 14.4 Å². The number of carbonyl (C=O) groups excluding carboxylic acids is 3. The first-order valence-corrected chi connectivity index (χ1v) is 11.1. The topological polar surface area (TPSA) is 132 Å². The van der Waals surface area contributed by atoms with Crippen molar-refractivity contribution in [3.05, 3.63) is 29.8 Å². The fourth-order valence-electron chi connectivity index (χ4n) is 3.56. The molecule has 1 heterocycles. The number of nitrogens with zero attached hydrogens (tertiary/aromatic N) is 1. The first-order valence-electron chi connectivity index (χ1n) is 11.1. The number of hydrogen-bond donors (Lipinski definition) is 4. The molecule has 1 aliphatic heterocycles. The Hall–Kier alpha value is -2.49. The number of benzene rings is 1. The van der Waals surface area contributed by atoms with E-state index in [0.29, 0.717) is 12.0 Å². The fourth-order valence-corrected chi connectivity index (χ4v) is 3.56. The van der Waals surface area contributed by atoms with Crippen LogP contribution in [0.25, 0.3) is 0 Å². The Morgan fingerprint density at radius 1 is 1.12 bits per heavy atom. The van der Waals surface area contributed by atoms with Crippen LogP contribution < -0.4 is 15.5 Å². The van der Waals surface area contributed by atoms with Gasteiger partial charge in [0.25, 0.3) is 5.91 Å². The molecule has 3 atom stereocenters. The smallest absolute Gasteiger partial charge is 0.252 e. The molecule has 0 aromatic heterocycles. The molecule has 2 rings (SSSR count). The Bertz CT molecular complexity index is 805. The highest BCUT2D eigenvalue weighted by Crippen LogP contribution is 2.30. The first kappa shape index (κ1) is 25.8. The highest BCUT2D eigenvalue weighted by molar-refractivity contribution is 6.00. The zero-order valence-electron chi connectivity index (χ0n) is 19.3. The number of epoxide rings is 1. The van der Waals surface area contributed by atoms with Gasteiger partial charge < -0.3 is 30.5 Å². The number of Topliss-reactive ketones (excluding diaryl/α,β-unsaturated/α-hetero) is 1.